The number of hydrogen-bond donors (Lipinski definition) is 1. The summed E-state index contributed by atoms with van der Waals surface area (Å²) < 4.78 is 11.3. The van der Waals surface area contributed by atoms with Gasteiger partial charge in [0.2, 0.25) is 0 Å². The first-order chi connectivity index (χ1) is 13.8. The molecule has 1 aliphatic rings. The zero-order chi connectivity index (χ0) is 21.1. The number of carbonyl (C=O) groups excluding carboxylic acids is 2. The summed E-state index contributed by atoms with van der Waals surface area (Å²) in [5.41, 5.74) is 1.58. The van der Waals surface area contributed by atoms with Crippen LogP contribution in [0.25, 0.3) is 5.76 Å². The van der Waals surface area contributed by atoms with Crippen LogP contribution in [0.3, 0.4) is 0 Å². The molecule has 3 rings (SSSR count). The van der Waals surface area contributed by atoms with Gasteiger partial charge < -0.3 is 19.2 Å². The Morgan fingerprint density at radius 2 is 1.83 bits per heavy atom. The third-order valence-electron chi connectivity index (χ3n) is 4.89. The lowest BCUT2D eigenvalue weighted by Crippen LogP contribution is -2.31. The molecule has 1 unspecified atom stereocenters. The first-order valence-corrected chi connectivity index (χ1v) is 9.83. The Labute approximate surface area is 170 Å². The number of ketones is 1. The minimum atomic E-state index is -0.760. The number of carbonyl (C=O) groups is 2. The van der Waals surface area contributed by atoms with Gasteiger partial charge in [-0.2, -0.15) is 0 Å². The standard InChI is InChI=1S/C23H27NO5/c1-14(2)28-13-5-12-24-20(18-11-8-16(4)29-18)19(22(26)23(24)27)21(25)17-9-6-15(3)7-10-17/h6-11,14,20,25H,5,12-13H2,1-4H3/b21-19-. The van der Waals surface area contributed by atoms with Crippen molar-refractivity contribution in [3.63, 3.8) is 0 Å². The molecule has 2 aromatic rings. The van der Waals surface area contributed by atoms with Crippen molar-refractivity contribution < 1.29 is 23.8 Å². The monoisotopic (exact) mass is 397 g/mol. The lowest BCUT2D eigenvalue weighted by Gasteiger charge is -2.23. The van der Waals surface area contributed by atoms with E-state index in [1.165, 1.54) is 4.90 Å². The minimum Gasteiger partial charge on any atom is -0.507 e. The fraction of sp³-hybridized carbons (Fsp3) is 0.391. The maximum atomic E-state index is 12.8. The predicted molar refractivity (Wildman–Crippen MR) is 109 cm³/mol. The number of amides is 1. The molecule has 1 amide bonds. The predicted octanol–water partition coefficient (Wildman–Crippen LogP) is 4.13. The van der Waals surface area contributed by atoms with Crippen LogP contribution in [-0.4, -0.2) is 41.0 Å². The highest BCUT2D eigenvalue weighted by Crippen LogP contribution is 2.40. The molecule has 6 nitrogen and oxygen atoms in total. The number of furan rings is 1. The zero-order valence-electron chi connectivity index (χ0n) is 17.3. The topological polar surface area (TPSA) is 80.0 Å². The lowest BCUT2D eigenvalue weighted by molar-refractivity contribution is -0.140. The highest BCUT2D eigenvalue weighted by atomic mass is 16.5. The van der Waals surface area contributed by atoms with E-state index in [-0.39, 0.29) is 17.4 Å². The van der Waals surface area contributed by atoms with Gasteiger partial charge in [-0.1, -0.05) is 29.8 Å². The second kappa shape index (κ2) is 8.66. The molecule has 1 saturated heterocycles. The molecule has 6 heteroatoms. The summed E-state index contributed by atoms with van der Waals surface area (Å²) in [7, 11) is 0. The molecule has 0 saturated carbocycles. The summed E-state index contributed by atoms with van der Waals surface area (Å²) >= 11 is 0. The number of likely N-dealkylation sites (tertiary alicyclic amines) is 1. The number of hydrogen-bond acceptors (Lipinski definition) is 5. The number of ether oxygens (including phenoxy) is 1. The van der Waals surface area contributed by atoms with E-state index < -0.39 is 17.7 Å². The van der Waals surface area contributed by atoms with Crippen molar-refractivity contribution in [3.05, 3.63) is 64.6 Å². The Balaban J connectivity index is 1.99. The molecular formula is C23H27NO5. The van der Waals surface area contributed by atoms with Crippen molar-refractivity contribution >= 4 is 17.4 Å². The molecule has 154 valence electrons. The molecule has 0 bridgehead atoms. The molecule has 0 spiro atoms. The Hall–Kier alpha value is -2.86. The maximum Gasteiger partial charge on any atom is 0.295 e. The van der Waals surface area contributed by atoms with E-state index in [2.05, 4.69) is 0 Å². The fourth-order valence-electron chi connectivity index (χ4n) is 3.43. The largest absolute Gasteiger partial charge is 0.507 e. The summed E-state index contributed by atoms with van der Waals surface area (Å²) in [6.07, 6.45) is 0.668. The SMILES string of the molecule is Cc1ccc(/C(O)=C2/C(=O)C(=O)N(CCCOC(C)C)C2c2ccc(C)o2)cc1. The smallest absolute Gasteiger partial charge is 0.295 e. The van der Waals surface area contributed by atoms with Crippen molar-refractivity contribution in [1.82, 2.24) is 4.90 Å². The third-order valence-corrected chi connectivity index (χ3v) is 4.89. The van der Waals surface area contributed by atoms with E-state index in [4.69, 9.17) is 9.15 Å². The van der Waals surface area contributed by atoms with Crippen molar-refractivity contribution in [1.29, 1.82) is 0 Å². The van der Waals surface area contributed by atoms with E-state index in [0.717, 1.165) is 5.56 Å². The van der Waals surface area contributed by atoms with Crippen molar-refractivity contribution in [2.45, 2.75) is 46.3 Å². The summed E-state index contributed by atoms with van der Waals surface area (Å²) in [6, 6.07) is 9.93. The molecule has 1 aromatic carbocycles. The van der Waals surface area contributed by atoms with E-state index in [1.54, 1.807) is 31.2 Å². The van der Waals surface area contributed by atoms with Gasteiger partial charge in [0.15, 0.2) is 0 Å². The van der Waals surface area contributed by atoms with Gasteiger partial charge in [0, 0.05) is 18.7 Å². The Morgan fingerprint density at radius 3 is 2.41 bits per heavy atom. The minimum absolute atomic E-state index is 0.0537. The summed E-state index contributed by atoms with van der Waals surface area (Å²) in [5.74, 6) is -0.401. The second-order valence-electron chi connectivity index (χ2n) is 7.58. The highest BCUT2D eigenvalue weighted by molar-refractivity contribution is 6.46. The average molecular weight is 397 g/mol. The molecule has 0 radical (unpaired) electrons. The van der Waals surface area contributed by atoms with Crippen molar-refractivity contribution in [3.8, 4) is 0 Å². The number of rotatable bonds is 7. The average Bonchev–Trinajstić information content (AvgIpc) is 3.21. The molecule has 1 N–H and O–H groups in total. The molecule has 29 heavy (non-hydrogen) atoms. The van der Waals surface area contributed by atoms with Gasteiger partial charge in [0.1, 0.15) is 23.3 Å². The van der Waals surface area contributed by atoms with Crippen LogP contribution in [0.4, 0.5) is 0 Å². The molecule has 1 aromatic heterocycles. The highest BCUT2D eigenvalue weighted by Gasteiger charge is 2.47. The number of aliphatic hydroxyl groups excluding tert-OH is 1. The van der Waals surface area contributed by atoms with Crippen molar-refractivity contribution in [2.24, 2.45) is 0 Å². The van der Waals surface area contributed by atoms with Gasteiger partial charge in [0.25, 0.3) is 11.7 Å². The van der Waals surface area contributed by atoms with Crippen LogP contribution in [-0.2, 0) is 14.3 Å². The maximum absolute atomic E-state index is 12.8. The fourth-order valence-corrected chi connectivity index (χ4v) is 3.43. The van der Waals surface area contributed by atoms with Gasteiger partial charge in [-0.25, -0.2) is 0 Å². The molecule has 1 fully saturated rings. The Kier molecular flexibility index (Phi) is 6.23. The van der Waals surface area contributed by atoms with E-state index in [1.807, 2.05) is 32.9 Å². The van der Waals surface area contributed by atoms with Gasteiger partial charge in [-0.3, -0.25) is 9.59 Å². The summed E-state index contributed by atoms with van der Waals surface area (Å²) in [4.78, 5) is 27.1. The lowest BCUT2D eigenvalue weighted by atomic mass is 9.99. The number of nitrogens with zero attached hydrogens (tertiary/aromatic N) is 1. The van der Waals surface area contributed by atoms with Crippen LogP contribution in [0.5, 0.6) is 0 Å². The van der Waals surface area contributed by atoms with Gasteiger partial charge >= 0.3 is 0 Å². The first-order valence-electron chi connectivity index (χ1n) is 9.83. The molecule has 2 heterocycles. The van der Waals surface area contributed by atoms with Crippen LogP contribution < -0.4 is 0 Å². The van der Waals surface area contributed by atoms with Crippen LogP contribution in [0.1, 0.15) is 49.0 Å². The third kappa shape index (κ3) is 4.43. The number of Topliss-reactive ketones (excluding diaryl/α,β-unsaturated/α-hetero) is 1. The van der Waals surface area contributed by atoms with E-state index >= 15 is 0 Å². The molecule has 1 atom stereocenters. The first kappa shape index (κ1) is 20.9. The molecular weight excluding hydrogens is 370 g/mol. The van der Waals surface area contributed by atoms with E-state index in [0.29, 0.717) is 36.7 Å². The Morgan fingerprint density at radius 1 is 1.14 bits per heavy atom. The number of aliphatic hydroxyl groups is 1. The number of aryl methyl sites for hydroxylation is 2. The van der Waals surface area contributed by atoms with Gasteiger partial charge in [-0.05, 0) is 46.2 Å². The normalized spacial score (nSPS) is 18.8. The van der Waals surface area contributed by atoms with Crippen LogP contribution in [0.2, 0.25) is 0 Å². The Bertz CT molecular complexity index is 923. The number of benzene rings is 1. The molecule has 0 aliphatic carbocycles. The van der Waals surface area contributed by atoms with Crippen LogP contribution in [0.15, 0.2) is 46.4 Å². The quantitative estimate of drug-likeness (QED) is 0.329. The molecule has 1 aliphatic heterocycles. The van der Waals surface area contributed by atoms with Gasteiger partial charge in [0.05, 0.1) is 11.7 Å². The van der Waals surface area contributed by atoms with Crippen molar-refractivity contribution in [2.75, 3.05) is 13.2 Å². The van der Waals surface area contributed by atoms with Crippen LogP contribution in [0, 0.1) is 13.8 Å². The van der Waals surface area contributed by atoms with Crippen LogP contribution >= 0.6 is 0 Å². The van der Waals surface area contributed by atoms with Gasteiger partial charge in [-0.15, -0.1) is 0 Å². The summed E-state index contributed by atoms with van der Waals surface area (Å²) in [6.45, 7) is 8.42. The second-order valence-corrected chi connectivity index (χ2v) is 7.58. The van der Waals surface area contributed by atoms with E-state index in [9.17, 15) is 14.7 Å². The zero-order valence-corrected chi connectivity index (χ0v) is 17.3. The summed E-state index contributed by atoms with van der Waals surface area (Å²) in [5, 5.41) is 10.9.